The van der Waals surface area contributed by atoms with Gasteiger partial charge in [0, 0.05) is 18.1 Å². The number of aliphatic hydroxyl groups excluding tert-OH is 1. The van der Waals surface area contributed by atoms with E-state index in [0.29, 0.717) is 12.0 Å². The second kappa shape index (κ2) is 5.03. The standard InChI is InChI=1S/C13H28N2O/c1-9(13(2,3)4)15(5)11(8-16)12(14)10-6-7-10/h9-12,16H,6-8,14H2,1-5H3. The molecule has 0 aromatic rings. The number of rotatable bonds is 5. The fourth-order valence-electron chi connectivity index (χ4n) is 2.22. The van der Waals surface area contributed by atoms with Crippen LogP contribution in [-0.4, -0.2) is 41.8 Å². The Bertz CT molecular complexity index is 220. The van der Waals surface area contributed by atoms with E-state index in [4.69, 9.17) is 5.73 Å². The van der Waals surface area contributed by atoms with Crippen LogP contribution in [0.2, 0.25) is 0 Å². The van der Waals surface area contributed by atoms with Crippen molar-refractivity contribution in [3.05, 3.63) is 0 Å². The van der Waals surface area contributed by atoms with Gasteiger partial charge in [-0.3, -0.25) is 4.90 Å². The Labute approximate surface area is 100 Å². The first kappa shape index (κ1) is 13.9. The molecule has 0 radical (unpaired) electrons. The smallest absolute Gasteiger partial charge is 0.0602 e. The largest absolute Gasteiger partial charge is 0.395 e. The summed E-state index contributed by atoms with van der Waals surface area (Å²) in [6, 6.07) is 0.635. The van der Waals surface area contributed by atoms with Crippen molar-refractivity contribution in [1.82, 2.24) is 4.90 Å². The molecule has 0 saturated heterocycles. The highest BCUT2D eigenvalue weighted by molar-refractivity contribution is 4.94. The molecule has 1 rings (SSSR count). The van der Waals surface area contributed by atoms with Crippen molar-refractivity contribution in [3.8, 4) is 0 Å². The average molecular weight is 228 g/mol. The molecule has 3 N–H and O–H groups in total. The van der Waals surface area contributed by atoms with Crippen molar-refractivity contribution in [1.29, 1.82) is 0 Å². The lowest BCUT2D eigenvalue weighted by molar-refractivity contribution is 0.0468. The third-order valence-corrected chi connectivity index (χ3v) is 4.19. The minimum Gasteiger partial charge on any atom is -0.395 e. The van der Waals surface area contributed by atoms with Gasteiger partial charge in [-0.1, -0.05) is 20.8 Å². The molecule has 1 aliphatic rings. The van der Waals surface area contributed by atoms with Gasteiger partial charge in [0.2, 0.25) is 0 Å². The van der Waals surface area contributed by atoms with Gasteiger partial charge in [0.1, 0.15) is 0 Å². The molecule has 0 aromatic heterocycles. The maximum absolute atomic E-state index is 9.54. The van der Waals surface area contributed by atoms with Crippen LogP contribution >= 0.6 is 0 Å². The van der Waals surface area contributed by atoms with Crippen LogP contribution in [0.5, 0.6) is 0 Å². The quantitative estimate of drug-likeness (QED) is 0.749. The maximum atomic E-state index is 9.54. The van der Waals surface area contributed by atoms with Gasteiger partial charge in [0.05, 0.1) is 6.61 Å². The molecular weight excluding hydrogens is 200 g/mol. The van der Waals surface area contributed by atoms with E-state index in [0.717, 1.165) is 0 Å². The molecule has 3 atom stereocenters. The van der Waals surface area contributed by atoms with Crippen LogP contribution in [0, 0.1) is 11.3 Å². The zero-order valence-electron chi connectivity index (χ0n) is 11.4. The van der Waals surface area contributed by atoms with Gasteiger partial charge in [-0.25, -0.2) is 0 Å². The summed E-state index contributed by atoms with van der Waals surface area (Å²) in [5.74, 6) is 0.631. The van der Waals surface area contributed by atoms with Crippen LogP contribution in [0.3, 0.4) is 0 Å². The molecular formula is C13H28N2O. The topological polar surface area (TPSA) is 49.5 Å². The second-order valence-corrected chi connectivity index (χ2v) is 6.37. The number of nitrogens with two attached hydrogens (primary N) is 1. The fourth-order valence-corrected chi connectivity index (χ4v) is 2.22. The van der Waals surface area contributed by atoms with E-state index in [1.165, 1.54) is 12.8 Å². The number of hydrogen-bond acceptors (Lipinski definition) is 3. The Balaban J connectivity index is 2.64. The van der Waals surface area contributed by atoms with Crippen molar-refractivity contribution in [3.63, 3.8) is 0 Å². The van der Waals surface area contributed by atoms with E-state index in [2.05, 4.69) is 39.6 Å². The van der Waals surface area contributed by atoms with Gasteiger partial charge < -0.3 is 10.8 Å². The number of likely N-dealkylation sites (N-methyl/N-ethyl adjacent to an activating group) is 1. The number of aliphatic hydroxyl groups is 1. The molecule has 1 aliphatic carbocycles. The first-order valence-corrected chi connectivity index (χ1v) is 6.37. The monoisotopic (exact) mass is 228 g/mol. The molecule has 0 bridgehead atoms. The van der Waals surface area contributed by atoms with Crippen LogP contribution in [0.25, 0.3) is 0 Å². The first-order valence-electron chi connectivity index (χ1n) is 6.37. The normalized spacial score (nSPS) is 23.2. The minimum atomic E-state index is 0.0988. The van der Waals surface area contributed by atoms with Gasteiger partial charge in [-0.2, -0.15) is 0 Å². The Morgan fingerprint density at radius 3 is 2.19 bits per heavy atom. The molecule has 96 valence electrons. The van der Waals surface area contributed by atoms with Gasteiger partial charge in [-0.15, -0.1) is 0 Å². The van der Waals surface area contributed by atoms with Crippen LogP contribution in [-0.2, 0) is 0 Å². The van der Waals surface area contributed by atoms with Crippen molar-refractivity contribution in [2.75, 3.05) is 13.7 Å². The minimum absolute atomic E-state index is 0.0988. The van der Waals surface area contributed by atoms with Gasteiger partial charge in [0.25, 0.3) is 0 Å². The van der Waals surface area contributed by atoms with Crippen LogP contribution < -0.4 is 5.73 Å². The average Bonchev–Trinajstić information content (AvgIpc) is 2.98. The maximum Gasteiger partial charge on any atom is 0.0602 e. The molecule has 1 fully saturated rings. The Kier molecular flexibility index (Phi) is 4.38. The van der Waals surface area contributed by atoms with E-state index < -0.39 is 0 Å². The van der Waals surface area contributed by atoms with Gasteiger partial charge in [0.15, 0.2) is 0 Å². The van der Waals surface area contributed by atoms with Crippen LogP contribution in [0.4, 0.5) is 0 Å². The molecule has 0 aliphatic heterocycles. The molecule has 3 nitrogen and oxygen atoms in total. The third kappa shape index (κ3) is 3.19. The van der Waals surface area contributed by atoms with Crippen molar-refractivity contribution < 1.29 is 5.11 Å². The molecule has 3 heteroatoms. The van der Waals surface area contributed by atoms with E-state index in [-0.39, 0.29) is 24.1 Å². The van der Waals surface area contributed by atoms with E-state index in [1.807, 2.05) is 0 Å². The highest BCUT2D eigenvalue weighted by Crippen LogP contribution is 2.35. The Morgan fingerprint density at radius 1 is 1.38 bits per heavy atom. The molecule has 0 heterocycles. The number of nitrogens with zero attached hydrogens (tertiary/aromatic N) is 1. The fraction of sp³-hybridized carbons (Fsp3) is 1.00. The zero-order chi connectivity index (χ0) is 12.5. The van der Waals surface area contributed by atoms with Crippen molar-refractivity contribution in [2.45, 2.75) is 58.7 Å². The lowest BCUT2D eigenvalue weighted by atomic mass is 9.85. The van der Waals surface area contributed by atoms with Gasteiger partial charge >= 0.3 is 0 Å². The second-order valence-electron chi connectivity index (χ2n) is 6.37. The van der Waals surface area contributed by atoms with E-state index in [1.54, 1.807) is 0 Å². The highest BCUT2D eigenvalue weighted by atomic mass is 16.3. The summed E-state index contributed by atoms with van der Waals surface area (Å²) in [7, 11) is 2.08. The summed E-state index contributed by atoms with van der Waals surface area (Å²) in [4.78, 5) is 2.25. The molecule has 3 unspecified atom stereocenters. The highest BCUT2D eigenvalue weighted by Gasteiger charge is 2.38. The third-order valence-electron chi connectivity index (χ3n) is 4.19. The molecule has 1 saturated carbocycles. The predicted molar refractivity (Wildman–Crippen MR) is 68.3 cm³/mol. The summed E-state index contributed by atoms with van der Waals surface area (Å²) in [6.45, 7) is 9.05. The first-order chi connectivity index (χ1) is 7.29. The van der Waals surface area contributed by atoms with Crippen molar-refractivity contribution in [2.24, 2.45) is 17.1 Å². The Morgan fingerprint density at radius 2 is 1.88 bits per heavy atom. The summed E-state index contributed by atoms with van der Waals surface area (Å²) in [6.07, 6.45) is 2.46. The van der Waals surface area contributed by atoms with Gasteiger partial charge in [-0.05, 0) is 38.1 Å². The van der Waals surface area contributed by atoms with E-state index in [9.17, 15) is 5.11 Å². The van der Waals surface area contributed by atoms with Crippen LogP contribution in [0.1, 0.15) is 40.5 Å². The zero-order valence-corrected chi connectivity index (χ0v) is 11.4. The van der Waals surface area contributed by atoms with E-state index >= 15 is 0 Å². The molecule has 0 amide bonds. The predicted octanol–water partition coefficient (Wildman–Crippen LogP) is 1.45. The summed E-state index contributed by atoms with van der Waals surface area (Å²) in [5.41, 5.74) is 6.43. The summed E-state index contributed by atoms with van der Waals surface area (Å²) < 4.78 is 0. The van der Waals surface area contributed by atoms with Crippen LogP contribution in [0.15, 0.2) is 0 Å². The lowest BCUT2D eigenvalue weighted by Crippen LogP contribution is -2.55. The molecule has 16 heavy (non-hydrogen) atoms. The SMILES string of the molecule is CC(N(C)C(CO)C(N)C1CC1)C(C)(C)C. The molecule has 0 spiro atoms. The Hall–Kier alpha value is -0.120. The van der Waals surface area contributed by atoms with Crippen molar-refractivity contribution >= 4 is 0 Å². The lowest BCUT2D eigenvalue weighted by Gasteiger charge is -2.41. The summed E-state index contributed by atoms with van der Waals surface area (Å²) in [5, 5.41) is 9.54. The summed E-state index contributed by atoms with van der Waals surface area (Å²) >= 11 is 0. The molecule has 0 aromatic carbocycles. The number of hydrogen-bond donors (Lipinski definition) is 2.